The predicted octanol–water partition coefficient (Wildman–Crippen LogP) is -1.12. The van der Waals surface area contributed by atoms with Gasteiger partial charge in [-0.25, -0.2) is 25.2 Å². The Morgan fingerprint density at radius 2 is 1.83 bits per heavy atom. The maximum atomic E-state index is 12.7. The Balaban J connectivity index is 1.22. The number of hydrogen-bond donors (Lipinski definition) is 8. The quantitative estimate of drug-likeness (QED) is 0.0501. The van der Waals surface area contributed by atoms with Crippen molar-refractivity contribution in [3.8, 4) is 0 Å². The van der Waals surface area contributed by atoms with E-state index in [1.165, 1.54) is 4.90 Å². The van der Waals surface area contributed by atoms with Gasteiger partial charge in [0, 0.05) is 43.6 Å². The summed E-state index contributed by atoms with van der Waals surface area (Å²) in [5.41, 5.74) is 5.64. The van der Waals surface area contributed by atoms with Crippen LogP contribution in [0.3, 0.4) is 0 Å². The minimum atomic E-state index is -1.18. The predicted molar refractivity (Wildman–Crippen MR) is 149 cm³/mol. The van der Waals surface area contributed by atoms with Crippen LogP contribution in [0.25, 0.3) is 0 Å². The maximum absolute atomic E-state index is 12.7. The van der Waals surface area contributed by atoms with E-state index in [1.54, 1.807) is 0 Å². The van der Waals surface area contributed by atoms with Gasteiger partial charge in [0.05, 0.1) is 37.5 Å². The number of rotatable bonds is 19. The van der Waals surface area contributed by atoms with Gasteiger partial charge < -0.3 is 46.1 Å². The van der Waals surface area contributed by atoms with Crippen molar-refractivity contribution >= 4 is 41.8 Å². The molecule has 0 aliphatic carbocycles. The van der Waals surface area contributed by atoms with E-state index in [0.717, 1.165) is 25.0 Å². The van der Waals surface area contributed by atoms with Crippen LogP contribution in [0, 0.1) is 0 Å². The van der Waals surface area contributed by atoms with E-state index in [1.807, 2.05) is 18.7 Å². The molecule has 16 nitrogen and oxygen atoms in total. The molecular formula is C24H42N8O8S. The second-order valence-electron chi connectivity index (χ2n) is 10.3. The van der Waals surface area contributed by atoms with Gasteiger partial charge >= 0.3 is 18.2 Å². The zero-order valence-electron chi connectivity index (χ0n) is 23.3. The number of fused-ring (bicyclic) bond motifs is 1. The average Bonchev–Trinajstić information content (AvgIpc) is 3.38. The molecule has 3 saturated heterocycles. The van der Waals surface area contributed by atoms with Gasteiger partial charge in [0.15, 0.2) is 0 Å². The Bertz CT molecular complexity index is 924. The summed E-state index contributed by atoms with van der Waals surface area (Å²) < 4.78 is 10.6. The lowest BCUT2D eigenvalue weighted by Crippen LogP contribution is -2.44. The van der Waals surface area contributed by atoms with E-state index >= 15 is 0 Å². The molecule has 0 aromatic carbocycles. The van der Waals surface area contributed by atoms with Crippen LogP contribution in [-0.4, -0.2) is 121 Å². The molecule has 232 valence electrons. The fraction of sp³-hybridized carbons (Fsp3) is 0.792. The normalized spacial score (nSPS) is 21.7. The summed E-state index contributed by atoms with van der Waals surface area (Å²) in [6.45, 7) is 2.89. The molecule has 0 radical (unpaired) electrons. The third-order valence-corrected chi connectivity index (χ3v) is 8.40. The van der Waals surface area contributed by atoms with E-state index in [-0.39, 0.29) is 82.1 Å². The van der Waals surface area contributed by atoms with Crippen LogP contribution in [0.2, 0.25) is 0 Å². The molecule has 3 aliphatic heterocycles. The van der Waals surface area contributed by atoms with E-state index < -0.39 is 18.1 Å². The van der Waals surface area contributed by atoms with Gasteiger partial charge in [-0.2, -0.15) is 11.8 Å². The van der Waals surface area contributed by atoms with Gasteiger partial charge in [-0.15, -0.1) is 0 Å². The third kappa shape index (κ3) is 12.2. The maximum Gasteiger partial charge on any atom is 0.407 e. The highest BCUT2D eigenvalue weighted by Crippen LogP contribution is 2.32. The van der Waals surface area contributed by atoms with Crippen LogP contribution in [0.4, 0.5) is 14.4 Å². The zero-order valence-corrected chi connectivity index (χ0v) is 24.1. The number of nitrogens with zero attached hydrogens (tertiary/aromatic N) is 1. The number of nitrogens with one attached hydrogen (secondary N) is 7. The SMILES string of the molecule is CC1(CCC(=O)N(CCOCCOC(=O)NCCCCC2SCC3NC(=O)NC32)CC(=O)NCCNC(=O)O)NN1. The Hall–Kier alpha value is -3.02. The van der Waals surface area contributed by atoms with Gasteiger partial charge in [0.1, 0.15) is 6.61 Å². The summed E-state index contributed by atoms with van der Waals surface area (Å²) in [4.78, 5) is 60.2. The van der Waals surface area contributed by atoms with E-state index in [9.17, 15) is 24.0 Å². The smallest absolute Gasteiger partial charge is 0.407 e. The molecule has 3 rings (SSSR count). The number of thioether (sulfide) groups is 1. The first-order chi connectivity index (χ1) is 19.6. The molecule has 3 atom stereocenters. The van der Waals surface area contributed by atoms with Gasteiger partial charge in [-0.3, -0.25) is 9.59 Å². The molecule has 0 saturated carbocycles. The molecule has 3 unspecified atom stereocenters. The van der Waals surface area contributed by atoms with Crippen molar-refractivity contribution in [1.29, 1.82) is 0 Å². The number of unbranched alkanes of at least 4 members (excludes halogenated alkanes) is 1. The molecule has 3 aliphatic rings. The summed E-state index contributed by atoms with van der Waals surface area (Å²) in [7, 11) is 0. The highest BCUT2D eigenvalue weighted by Gasteiger charge is 2.42. The first-order valence-corrected chi connectivity index (χ1v) is 14.9. The number of urea groups is 1. The first-order valence-electron chi connectivity index (χ1n) is 13.9. The number of carboxylic acid groups (broad SMARTS) is 1. The summed E-state index contributed by atoms with van der Waals surface area (Å²) in [5, 5.41) is 22.3. The number of alkyl carbamates (subject to hydrolysis) is 1. The number of hydrazine groups is 1. The van der Waals surface area contributed by atoms with Gasteiger partial charge in [0.25, 0.3) is 0 Å². The van der Waals surface area contributed by atoms with Crippen molar-refractivity contribution in [2.75, 3.05) is 58.3 Å². The molecule has 6 amide bonds. The molecule has 8 N–H and O–H groups in total. The van der Waals surface area contributed by atoms with E-state index in [0.29, 0.717) is 18.2 Å². The molecule has 41 heavy (non-hydrogen) atoms. The average molecular weight is 603 g/mol. The number of carbonyl (C=O) groups excluding carboxylic acids is 4. The second kappa shape index (κ2) is 16.4. The third-order valence-electron chi connectivity index (χ3n) is 6.89. The van der Waals surface area contributed by atoms with Crippen molar-refractivity contribution in [2.24, 2.45) is 0 Å². The van der Waals surface area contributed by atoms with Crippen LogP contribution < -0.4 is 37.4 Å². The van der Waals surface area contributed by atoms with Crippen LogP contribution in [-0.2, 0) is 19.1 Å². The lowest BCUT2D eigenvalue weighted by molar-refractivity contribution is -0.137. The summed E-state index contributed by atoms with van der Waals surface area (Å²) in [5.74, 6) is 0.302. The fourth-order valence-corrected chi connectivity index (χ4v) is 6.01. The van der Waals surface area contributed by atoms with Gasteiger partial charge in [-0.1, -0.05) is 6.42 Å². The molecule has 0 spiro atoms. The molecule has 17 heteroatoms. The minimum absolute atomic E-state index is 0.0427. The van der Waals surface area contributed by atoms with Crippen molar-refractivity contribution in [3.05, 3.63) is 0 Å². The topological polar surface area (TPSA) is 231 Å². The molecule has 0 aromatic heterocycles. The highest BCUT2D eigenvalue weighted by atomic mass is 32.2. The molecule has 0 bridgehead atoms. The summed E-state index contributed by atoms with van der Waals surface area (Å²) in [6.07, 6.45) is 1.76. The van der Waals surface area contributed by atoms with Crippen molar-refractivity contribution in [1.82, 2.24) is 42.3 Å². The zero-order chi connectivity index (χ0) is 29.7. The second-order valence-corrected chi connectivity index (χ2v) is 11.5. The summed E-state index contributed by atoms with van der Waals surface area (Å²) >= 11 is 1.86. The lowest BCUT2D eigenvalue weighted by atomic mass is 10.0. The highest BCUT2D eigenvalue weighted by molar-refractivity contribution is 8.00. The monoisotopic (exact) mass is 602 g/mol. The number of ether oxygens (including phenoxy) is 2. The lowest BCUT2D eigenvalue weighted by Gasteiger charge is -2.22. The molecule has 3 heterocycles. The molecule has 3 fully saturated rings. The molecule has 0 aromatic rings. The first kappa shape index (κ1) is 32.5. The van der Waals surface area contributed by atoms with Crippen LogP contribution in [0.5, 0.6) is 0 Å². The largest absolute Gasteiger partial charge is 0.465 e. The van der Waals surface area contributed by atoms with Crippen LogP contribution >= 0.6 is 11.8 Å². The number of hydrogen-bond acceptors (Lipinski definition) is 10. The number of carbonyl (C=O) groups is 5. The van der Waals surface area contributed by atoms with Gasteiger partial charge in [-0.05, 0) is 26.2 Å². The van der Waals surface area contributed by atoms with Crippen molar-refractivity contribution in [2.45, 2.75) is 62.0 Å². The van der Waals surface area contributed by atoms with Crippen molar-refractivity contribution in [3.63, 3.8) is 0 Å². The van der Waals surface area contributed by atoms with E-state index in [2.05, 4.69) is 37.4 Å². The molecular weight excluding hydrogens is 560 g/mol. The van der Waals surface area contributed by atoms with Gasteiger partial charge in [0.2, 0.25) is 11.8 Å². The summed E-state index contributed by atoms with van der Waals surface area (Å²) in [6, 6.07) is 0.300. The standard InChI is InChI=1S/C24H42N8O8S/c1-24(30-31-24)6-5-19(34)32(14-18(33)25-8-9-26-22(36)37)10-11-39-12-13-40-23(38)27-7-3-2-4-17-20-16(15-41-17)28-21(35)29-20/h16-17,20,26,30-31H,2-15H2,1H3,(H,25,33)(H,27,38)(H,36,37)(H2,28,29,35). The Morgan fingerprint density at radius 3 is 2.59 bits per heavy atom. The van der Waals surface area contributed by atoms with E-state index in [4.69, 9.17) is 14.6 Å². The van der Waals surface area contributed by atoms with Crippen molar-refractivity contribution < 1.29 is 38.6 Å². The van der Waals surface area contributed by atoms with Crippen LogP contribution in [0.1, 0.15) is 39.0 Å². The Kier molecular flexibility index (Phi) is 13.0. The minimum Gasteiger partial charge on any atom is -0.465 e. The Morgan fingerprint density at radius 1 is 1.05 bits per heavy atom. The Labute approximate surface area is 243 Å². The fourth-order valence-electron chi connectivity index (χ4n) is 4.46. The number of amides is 6. The van der Waals surface area contributed by atoms with Crippen LogP contribution in [0.15, 0.2) is 0 Å².